The molecular weight excluding hydrogens is 388 g/mol. The lowest BCUT2D eigenvalue weighted by Gasteiger charge is -2.12. The van der Waals surface area contributed by atoms with Crippen molar-refractivity contribution in [3.05, 3.63) is 83.4 Å². The van der Waals surface area contributed by atoms with Crippen molar-refractivity contribution in [1.82, 2.24) is 4.98 Å². The van der Waals surface area contributed by atoms with E-state index in [1.807, 2.05) is 67.6 Å². The van der Waals surface area contributed by atoms with Crippen LogP contribution < -0.4 is 4.74 Å². The highest BCUT2D eigenvalue weighted by Crippen LogP contribution is 2.41. The second-order valence-corrected chi connectivity index (χ2v) is 7.12. The number of methoxy groups -OCH3 is 2. The van der Waals surface area contributed by atoms with Crippen molar-refractivity contribution in [3.63, 3.8) is 0 Å². The minimum atomic E-state index is -0.415. The first-order valence-electron chi connectivity index (χ1n) is 9.74. The van der Waals surface area contributed by atoms with E-state index in [1.165, 1.54) is 14.2 Å². The molecule has 0 bridgehead atoms. The third-order valence-corrected chi connectivity index (χ3v) is 5.24. The fourth-order valence-electron chi connectivity index (χ4n) is 3.68. The van der Waals surface area contributed by atoms with E-state index in [1.54, 1.807) is 6.07 Å². The van der Waals surface area contributed by atoms with Gasteiger partial charge >= 0.3 is 5.97 Å². The number of pyridine rings is 1. The summed E-state index contributed by atoms with van der Waals surface area (Å²) in [5.74, 6) is -0.174. The maximum absolute atomic E-state index is 12.4. The summed E-state index contributed by atoms with van der Waals surface area (Å²) in [6, 6.07) is 23.3. The number of rotatable bonds is 4. The largest absolute Gasteiger partial charge is 0.480 e. The topological polar surface area (TPSA) is 72.2 Å². The van der Waals surface area contributed by atoms with Gasteiger partial charge < -0.3 is 9.47 Å². The molecule has 0 aliphatic heterocycles. The van der Waals surface area contributed by atoms with Crippen molar-refractivity contribution in [1.29, 1.82) is 5.26 Å². The van der Waals surface area contributed by atoms with Crippen LogP contribution in [0.4, 0.5) is 0 Å². The van der Waals surface area contributed by atoms with Crippen molar-refractivity contribution in [2.75, 3.05) is 14.2 Å². The first-order chi connectivity index (χ1) is 15.1. The SMILES string of the molecule is COC(=O)c1cc(-c2cc(-c3ccc(C)cc3)c(C#N)c(OC)n2)c2cccccc1-2. The molecule has 0 radical (unpaired) electrons. The molecule has 0 saturated carbocycles. The minimum absolute atomic E-state index is 0.241. The van der Waals surface area contributed by atoms with Crippen molar-refractivity contribution >= 4 is 5.97 Å². The summed E-state index contributed by atoms with van der Waals surface area (Å²) in [7, 11) is 2.86. The summed E-state index contributed by atoms with van der Waals surface area (Å²) in [6.07, 6.45) is 0. The van der Waals surface area contributed by atoms with Gasteiger partial charge in [0, 0.05) is 11.1 Å². The van der Waals surface area contributed by atoms with Gasteiger partial charge in [0.05, 0.1) is 25.5 Å². The molecule has 1 aromatic heterocycles. The molecule has 152 valence electrons. The van der Waals surface area contributed by atoms with Crippen LogP contribution in [-0.4, -0.2) is 25.2 Å². The summed E-state index contributed by atoms with van der Waals surface area (Å²) < 4.78 is 10.4. The summed E-state index contributed by atoms with van der Waals surface area (Å²) in [4.78, 5) is 17.0. The van der Waals surface area contributed by atoms with Gasteiger partial charge in [0.1, 0.15) is 11.6 Å². The molecule has 2 aliphatic carbocycles. The zero-order chi connectivity index (χ0) is 22.0. The monoisotopic (exact) mass is 408 g/mol. The van der Waals surface area contributed by atoms with Crippen LogP contribution in [0, 0.1) is 18.3 Å². The second kappa shape index (κ2) is 8.29. The van der Waals surface area contributed by atoms with Gasteiger partial charge in [-0.15, -0.1) is 0 Å². The maximum Gasteiger partial charge on any atom is 0.338 e. The number of ether oxygens (including phenoxy) is 2. The number of carbonyl (C=O) groups is 1. The fraction of sp³-hybridized carbons (Fsp3) is 0.115. The van der Waals surface area contributed by atoms with Gasteiger partial charge in [0.15, 0.2) is 0 Å². The molecule has 5 nitrogen and oxygen atoms in total. The lowest BCUT2D eigenvalue weighted by atomic mass is 9.97. The zero-order valence-corrected chi connectivity index (χ0v) is 17.5. The highest BCUT2D eigenvalue weighted by molar-refractivity contribution is 6.04. The Bertz CT molecular complexity index is 1290. The molecule has 2 aromatic rings. The van der Waals surface area contributed by atoms with E-state index in [0.29, 0.717) is 16.8 Å². The van der Waals surface area contributed by atoms with Gasteiger partial charge in [-0.25, -0.2) is 9.78 Å². The predicted molar refractivity (Wildman–Crippen MR) is 119 cm³/mol. The van der Waals surface area contributed by atoms with Crippen molar-refractivity contribution < 1.29 is 14.3 Å². The van der Waals surface area contributed by atoms with Crippen LogP contribution in [0.5, 0.6) is 5.88 Å². The lowest BCUT2D eigenvalue weighted by molar-refractivity contribution is 0.0602. The number of hydrogen-bond acceptors (Lipinski definition) is 5. The van der Waals surface area contributed by atoms with E-state index in [9.17, 15) is 10.1 Å². The fourth-order valence-corrected chi connectivity index (χ4v) is 3.68. The van der Waals surface area contributed by atoms with E-state index in [-0.39, 0.29) is 5.88 Å². The smallest absolute Gasteiger partial charge is 0.338 e. The molecule has 0 N–H and O–H groups in total. The minimum Gasteiger partial charge on any atom is -0.480 e. The molecule has 0 fully saturated rings. The Kier molecular flexibility index (Phi) is 5.38. The number of nitrogens with zero attached hydrogens (tertiary/aromatic N) is 2. The van der Waals surface area contributed by atoms with Crippen LogP contribution in [0.1, 0.15) is 21.5 Å². The first kappa shape index (κ1) is 20.1. The third-order valence-electron chi connectivity index (χ3n) is 5.24. The molecule has 2 aliphatic rings. The molecule has 0 saturated heterocycles. The van der Waals surface area contributed by atoms with Gasteiger partial charge in [0.25, 0.3) is 0 Å². The van der Waals surface area contributed by atoms with Crippen molar-refractivity contribution in [2.24, 2.45) is 0 Å². The molecule has 1 heterocycles. The average molecular weight is 408 g/mol. The van der Waals surface area contributed by atoms with Gasteiger partial charge in [-0.2, -0.15) is 5.26 Å². The molecule has 5 heteroatoms. The number of carbonyl (C=O) groups excluding carboxylic acids is 1. The Morgan fingerprint density at radius 2 is 1.61 bits per heavy atom. The third kappa shape index (κ3) is 3.60. The van der Waals surface area contributed by atoms with Crippen molar-refractivity contribution in [2.45, 2.75) is 6.92 Å². The lowest BCUT2D eigenvalue weighted by Crippen LogP contribution is -2.00. The number of benzene rings is 1. The Morgan fingerprint density at radius 3 is 2.26 bits per heavy atom. The molecule has 0 amide bonds. The molecule has 31 heavy (non-hydrogen) atoms. The number of hydrogen-bond donors (Lipinski definition) is 0. The van der Waals surface area contributed by atoms with Crippen LogP contribution in [0.15, 0.2) is 66.7 Å². The van der Waals surface area contributed by atoms with Gasteiger partial charge in [0.2, 0.25) is 5.88 Å². The number of aromatic nitrogens is 1. The van der Waals surface area contributed by atoms with Gasteiger partial charge in [-0.1, -0.05) is 60.2 Å². The number of esters is 1. The van der Waals surface area contributed by atoms with Crippen LogP contribution in [-0.2, 0) is 4.74 Å². The zero-order valence-electron chi connectivity index (χ0n) is 17.5. The van der Waals surface area contributed by atoms with E-state index < -0.39 is 5.97 Å². The van der Waals surface area contributed by atoms with Crippen LogP contribution in [0.25, 0.3) is 33.5 Å². The molecule has 0 unspecified atom stereocenters. The van der Waals surface area contributed by atoms with E-state index >= 15 is 0 Å². The molecule has 0 atom stereocenters. The van der Waals surface area contributed by atoms with E-state index in [2.05, 4.69) is 11.1 Å². The Morgan fingerprint density at radius 1 is 0.903 bits per heavy atom. The van der Waals surface area contributed by atoms with Crippen LogP contribution >= 0.6 is 0 Å². The second-order valence-electron chi connectivity index (χ2n) is 7.12. The van der Waals surface area contributed by atoms with Gasteiger partial charge in [-0.05, 0) is 35.7 Å². The number of aryl methyl sites for hydroxylation is 1. The quantitative estimate of drug-likeness (QED) is 0.417. The van der Waals surface area contributed by atoms with Gasteiger partial charge in [-0.3, -0.25) is 0 Å². The number of fused-ring (bicyclic) bond motifs is 1. The first-order valence-corrected chi connectivity index (χ1v) is 9.74. The van der Waals surface area contributed by atoms with E-state index in [4.69, 9.17) is 9.47 Å². The average Bonchev–Trinajstić information content (AvgIpc) is 2.98. The van der Waals surface area contributed by atoms with Crippen molar-refractivity contribution in [3.8, 4) is 45.5 Å². The Labute approximate surface area is 180 Å². The molecule has 0 spiro atoms. The van der Waals surface area contributed by atoms with Crippen LogP contribution in [0.2, 0.25) is 0 Å². The Balaban J connectivity index is 2.01. The highest BCUT2D eigenvalue weighted by Gasteiger charge is 2.24. The molecule has 4 rings (SSSR count). The highest BCUT2D eigenvalue weighted by atomic mass is 16.5. The maximum atomic E-state index is 12.4. The predicted octanol–water partition coefficient (Wildman–Crippen LogP) is 5.50. The standard InChI is InChI=1S/C26H20N2O3/c1-16-9-11-17(12-10-16)20-14-24(28-25(30-2)23(20)15-27)21-13-22(26(29)31-3)19-8-6-4-5-7-18(19)21/h4-14H,1-3H3. The normalized spacial score (nSPS) is 10.5. The number of nitriles is 1. The van der Waals surface area contributed by atoms with E-state index in [0.717, 1.165) is 33.4 Å². The summed E-state index contributed by atoms with van der Waals surface area (Å²) in [5, 5.41) is 9.79. The molecule has 1 aromatic carbocycles. The molecular formula is C26H20N2O3. The summed E-state index contributed by atoms with van der Waals surface area (Å²) in [6.45, 7) is 2.01. The Hall–Kier alpha value is -4.17. The van der Waals surface area contributed by atoms with Crippen LogP contribution in [0.3, 0.4) is 0 Å². The summed E-state index contributed by atoms with van der Waals surface area (Å²) in [5.41, 5.74) is 6.57. The summed E-state index contributed by atoms with van der Waals surface area (Å²) >= 11 is 0.